The zero-order chi connectivity index (χ0) is 23.6. The van der Waals surface area contributed by atoms with E-state index >= 15 is 0 Å². The van der Waals surface area contributed by atoms with Gasteiger partial charge in [0.2, 0.25) is 0 Å². The van der Waals surface area contributed by atoms with Gasteiger partial charge in [-0.3, -0.25) is 9.59 Å². The van der Waals surface area contributed by atoms with Crippen LogP contribution in [0.1, 0.15) is 21.5 Å². The molecule has 2 N–H and O–H groups in total. The molecule has 0 saturated carbocycles. The predicted octanol–water partition coefficient (Wildman–Crippen LogP) is 4.54. The number of amides is 1. The van der Waals surface area contributed by atoms with Crippen molar-refractivity contribution >= 4 is 17.5 Å². The summed E-state index contributed by atoms with van der Waals surface area (Å²) in [6.45, 7) is 0.140. The third-order valence-electron chi connectivity index (χ3n) is 4.76. The van der Waals surface area contributed by atoms with Gasteiger partial charge in [0.25, 0.3) is 11.5 Å². The van der Waals surface area contributed by atoms with Crippen molar-refractivity contribution in [2.45, 2.75) is 12.6 Å². The van der Waals surface area contributed by atoms with E-state index in [1.54, 1.807) is 24.3 Å². The van der Waals surface area contributed by atoms with E-state index in [-0.39, 0.29) is 17.8 Å². The zero-order valence-corrected chi connectivity index (χ0v) is 17.4. The van der Waals surface area contributed by atoms with E-state index in [4.69, 9.17) is 11.6 Å². The third-order valence-corrected chi connectivity index (χ3v) is 4.99. The molecule has 0 saturated heterocycles. The fourth-order valence-corrected chi connectivity index (χ4v) is 3.36. The summed E-state index contributed by atoms with van der Waals surface area (Å²) >= 11 is 5.91. The van der Waals surface area contributed by atoms with Gasteiger partial charge in [0.1, 0.15) is 5.82 Å². The average Bonchev–Trinajstić information content (AvgIpc) is 2.71. The molecular formula is C22H17ClF4N2O3. The van der Waals surface area contributed by atoms with E-state index in [0.717, 1.165) is 22.3 Å². The summed E-state index contributed by atoms with van der Waals surface area (Å²) in [5.41, 5.74) is -2.30. The molecule has 0 spiro atoms. The monoisotopic (exact) mass is 468 g/mol. The smallest absolute Gasteiger partial charge is 0.416 e. The lowest BCUT2D eigenvalue weighted by Gasteiger charge is -2.15. The summed E-state index contributed by atoms with van der Waals surface area (Å²) in [5, 5.41) is 13.2. The first kappa shape index (κ1) is 23.3. The highest BCUT2D eigenvalue weighted by Gasteiger charge is 2.32. The topological polar surface area (TPSA) is 71.3 Å². The second-order valence-electron chi connectivity index (χ2n) is 7.02. The van der Waals surface area contributed by atoms with Crippen molar-refractivity contribution < 1.29 is 27.5 Å². The van der Waals surface area contributed by atoms with Crippen LogP contribution in [0.2, 0.25) is 5.02 Å². The van der Waals surface area contributed by atoms with E-state index in [0.29, 0.717) is 23.6 Å². The standard InChI is InChI=1S/C22H17ClF4N2O3/c1-29-18(13-8-14(22(25,26)27)10-16(24)9-13)11-17(19(30)21(29)32)20(31)28-6-5-12-3-2-4-15(23)7-12/h2-4,7-11,30H,5-6H2,1H3,(H,28,31). The summed E-state index contributed by atoms with van der Waals surface area (Å²) in [6.07, 6.45) is -4.41. The highest BCUT2D eigenvalue weighted by molar-refractivity contribution is 6.30. The molecule has 1 heterocycles. The van der Waals surface area contributed by atoms with Crippen LogP contribution in [0.3, 0.4) is 0 Å². The molecule has 0 atom stereocenters. The molecule has 0 unspecified atom stereocenters. The molecule has 0 aliphatic heterocycles. The summed E-state index contributed by atoms with van der Waals surface area (Å²) in [6, 6.07) is 9.79. The highest BCUT2D eigenvalue weighted by Crippen LogP contribution is 2.33. The number of pyridine rings is 1. The molecule has 0 bridgehead atoms. The van der Waals surface area contributed by atoms with Crippen molar-refractivity contribution in [3.05, 3.63) is 86.4 Å². The van der Waals surface area contributed by atoms with Crippen LogP contribution in [0, 0.1) is 5.82 Å². The van der Waals surface area contributed by atoms with Gasteiger partial charge in [0.15, 0.2) is 5.75 Å². The highest BCUT2D eigenvalue weighted by atomic mass is 35.5. The lowest BCUT2D eigenvalue weighted by atomic mass is 10.0. The van der Waals surface area contributed by atoms with E-state index in [2.05, 4.69) is 5.32 Å². The second-order valence-corrected chi connectivity index (χ2v) is 7.45. The lowest BCUT2D eigenvalue weighted by molar-refractivity contribution is -0.137. The van der Waals surface area contributed by atoms with Crippen molar-refractivity contribution in [2.24, 2.45) is 7.05 Å². The van der Waals surface area contributed by atoms with Gasteiger partial charge in [-0.15, -0.1) is 0 Å². The molecule has 32 heavy (non-hydrogen) atoms. The molecule has 3 aromatic rings. The Morgan fingerprint density at radius 2 is 1.88 bits per heavy atom. The van der Waals surface area contributed by atoms with Crippen LogP contribution in [0.4, 0.5) is 17.6 Å². The van der Waals surface area contributed by atoms with Gasteiger partial charge in [0, 0.05) is 24.2 Å². The first-order valence-electron chi connectivity index (χ1n) is 9.31. The van der Waals surface area contributed by atoms with Crippen molar-refractivity contribution in [2.75, 3.05) is 6.54 Å². The number of hydrogen-bond donors (Lipinski definition) is 2. The Bertz CT molecular complexity index is 1240. The second kappa shape index (κ2) is 9.04. The van der Waals surface area contributed by atoms with Gasteiger partial charge in [-0.25, -0.2) is 4.39 Å². The van der Waals surface area contributed by atoms with Crippen LogP contribution in [-0.2, 0) is 19.6 Å². The van der Waals surface area contributed by atoms with Crippen molar-refractivity contribution in [3.63, 3.8) is 0 Å². The molecule has 0 fully saturated rings. The van der Waals surface area contributed by atoms with Crippen LogP contribution in [0.25, 0.3) is 11.3 Å². The van der Waals surface area contributed by atoms with Crippen molar-refractivity contribution in [1.82, 2.24) is 9.88 Å². The minimum Gasteiger partial charge on any atom is -0.502 e. The molecule has 0 radical (unpaired) electrons. The largest absolute Gasteiger partial charge is 0.502 e. The molecule has 2 aromatic carbocycles. The van der Waals surface area contributed by atoms with Gasteiger partial charge < -0.3 is 15.0 Å². The Kier molecular flexibility index (Phi) is 6.59. The number of carbonyl (C=O) groups excluding carboxylic acids is 1. The van der Waals surface area contributed by atoms with Crippen molar-refractivity contribution in [3.8, 4) is 17.0 Å². The maximum absolute atomic E-state index is 13.8. The molecule has 1 amide bonds. The third kappa shape index (κ3) is 5.11. The number of halogens is 5. The number of hydrogen-bond acceptors (Lipinski definition) is 3. The molecular weight excluding hydrogens is 452 g/mol. The van der Waals surface area contributed by atoms with Crippen LogP contribution in [-0.4, -0.2) is 22.1 Å². The first-order chi connectivity index (χ1) is 15.0. The molecule has 5 nitrogen and oxygen atoms in total. The molecule has 0 aliphatic carbocycles. The van der Waals surface area contributed by atoms with Crippen LogP contribution in [0.15, 0.2) is 53.3 Å². The van der Waals surface area contributed by atoms with E-state index in [1.165, 1.54) is 7.05 Å². The maximum atomic E-state index is 13.8. The number of benzene rings is 2. The number of rotatable bonds is 5. The number of nitrogens with zero attached hydrogens (tertiary/aromatic N) is 1. The molecule has 168 valence electrons. The van der Waals surface area contributed by atoms with Crippen molar-refractivity contribution in [1.29, 1.82) is 0 Å². The Morgan fingerprint density at radius 3 is 2.53 bits per heavy atom. The minimum atomic E-state index is -4.81. The number of alkyl halides is 3. The number of carbonyl (C=O) groups is 1. The maximum Gasteiger partial charge on any atom is 0.416 e. The molecule has 1 aromatic heterocycles. The summed E-state index contributed by atoms with van der Waals surface area (Å²) < 4.78 is 53.9. The predicted molar refractivity (Wildman–Crippen MR) is 111 cm³/mol. The first-order valence-corrected chi connectivity index (χ1v) is 9.69. The molecule has 10 heteroatoms. The Morgan fingerprint density at radius 1 is 1.16 bits per heavy atom. The fourth-order valence-electron chi connectivity index (χ4n) is 3.14. The zero-order valence-electron chi connectivity index (χ0n) is 16.6. The summed E-state index contributed by atoms with van der Waals surface area (Å²) in [4.78, 5) is 25.0. The number of nitrogens with one attached hydrogen (secondary N) is 1. The van der Waals surface area contributed by atoms with Gasteiger partial charge in [0.05, 0.1) is 16.8 Å². The fraction of sp³-hybridized carbons (Fsp3) is 0.182. The Hall–Kier alpha value is -3.33. The van der Waals surface area contributed by atoms with Gasteiger partial charge >= 0.3 is 6.18 Å². The van der Waals surface area contributed by atoms with Crippen LogP contribution >= 0.6 is 11.6 Å². The van der Waals surface area contributed by atoms with E-state index in [1.807, 2.05) is 0 Å². The Labute approximate surface area is 184 Å². The number of aromatic nitrogens is 1. The lowest BCUT2D eigenvalue weighted by Crippen LogP contribution is -2.29. The summed E-state index contributed by atoms with van der Waals surface area (Å²) in [5.74, 6) is -2.84. The average molecular weight is 469 g/mol. The van der Waals surface area contributed by atoms with Gasteiger partial charge in [-0.1, -0.05) is 23.7 Å². The van der Waals surface area contributed by atoms with E-state index < -0.39 is 40.3 Å². The van der Waals surface area contributed by atoms with Crippen LogP contribution < -0.4 is 10.9 Å². The quantitative estimate of drug-likeness (QED) is 0.540. The Balaban J connectivity index is 1.93. The number of aromatic hydroxyl groups is 1. The summed E-state index contributed by atoms with van der Waals surface area (Å²) in [7, 11) is 1.19. The SMILES string of the molecule is Cn1c(-c2cc(F)cc(C(F)(F)F)c2)cc(C(=O)NCCc2cccc(Cl)c2)c(O)c1=O. The normalized spacial score (nSPS) is 11.4. The van der Waals surface area contributed by atoms with Crippen LogP contribution in [0.5, 0.6) is 5.75 Å². The van der Waals surface area contributed by atoms with E-state index in [9.17, 15) is 32.3 Å². The molecule has 0 aliphatic rings. The molecule has 3 rings (SSSR count). The van der Waals surface area contributed by atoms with Gasteiger partial charge in [-0.2, -0.15) is 13.2 Å². The minimum absolute atomic E-state index is 0.140. The van der Waals surface area contributed by atoms with Gasteiger partial charge in [-0.05, 0) is 48.4 Å².